The van der Waals surface area contributed by atoms with Crippen molar-refractivity contribution < 1.29 is 12.8 Å². The molecule has 0 amide bonds. The third kappa shape index (κ3) is 3.37. The highest BCUT2D eigenvalue weighted by Crippen LogP contribution is 2.36. The number of nitrogens with two attached hydrogens (primary N) is 1. The molecule has 118 valence electrons. The van der Waals surface area contributed by atoms with Crippen molar-refractivity contribution >= 4 is 15.7 Å². The van der Waals surface area contributed by atoms with Crippen molar-refractivity contribution in [1.29, 1.82) is 0 Å². The molecule has 1 aliphatic rings. The Kier molecular flexibility index (Phi) is 4.31. The molecule has 6 heteroatoms. The van der Waals surface area contributed by atoms with E-state index in [4.69, 9.17) is 5.73 Å². The molecule has 21 heavy (non-hydrogen) atoms. The average molecular weight is 314 g/mol. The van der Waals surface area contributed by atoms with Crippen molar-refractivity contribution in [2.75, 3.05) is 5.73 Å². The Hall–Kier alpha value is -1.14. The molecule has 0 aliphatic heterocycles. The molecule has 1 fully saturated rings. The van der Waals surface area contributed by atoms with Gasteiger partial charge in [-0.1, -0.05) is 26.7 Å². The lowest BCUT2D eigenvalue weighted by Crippen LogP contribution is -2.46. The highest BCUT2D eigenvalue weighted by atomic mass is 32.2. The number of nitrogens with one attached hydrogen (secondary N) is 1. The number of benzene rings is 1. The van der Waals surface area contributed by atoms with Crippen LogP contribution in [0.1, 0.15) is 45.1 Å². The maximum absolute atomic E-state index is 13.4. The molecular weight excluding hydrogens is 291 g/mol. The van der Waals surface area contributed by atoms with E-state index in [1.165, 1.54) is 6.07 Å². The number of sulfonamides is 1. The summed E-state index contributed by atoms with van der Waals surface area (Å²) < 4.78 is 41.3. The zero-order valence-electron chi connectivity index (χ0n) is 12.7. The predicted molar refractivity (Wildman–Crippen MR) is 81.9 cm³/mol. The molecule has 1 aromatic rings. The number of nitrogen functional groups attached to an aromatic ring is 1. The summed E-state index contributed by atoms with van der Waals surface area (Å²) in [6.45, 7) is 5.72. The molecule has 1 atom stereocenters. The second kappa shape index (κ2) is 5.57. The van der Waals surface area contributed by atoms with Gasteiger partial charge in [0.05, 0.1) is 10.6 Å². The second-order valence-electron chi connectivity index (χ2n) is 6.55. The standard InChI is InChI=1S/C15H23FN2O2S/c1-10-8-11(16)12(17)9-13(10)21(19,20)18-14-6-4-5-7-15(14,2)3/h8-9,14,18H,4-7,17H2,1-3H3. The van der Waals surface area contributed by atoms with Crippen LogP contribution in [0.2, 0.25) is 0 Å². The third-order valence-corrected chi connectivity index (χ3v) is 6.00. The third-order valence-electron chi connectivity index (χ3n) is 4.39. The Morgan fingerprint density at radius 2 is 2.00 bits per heavy atom. The maximum Gasteiger partial charge on any atom is 0.241 e. The number of hydrogen-bond donors (Lipinski definition) is 2. The van der Waals surface area contributed by atoms with Gasteiger partial charge in [0.2, 0.25) is 10.0 Å². The second-order valence-corrected chi connectivity index (χ2v) is 8.23. The minimum Gasteiger partial charge on any atom is -0.396 e. The van der Waals surface area contributed by atoms with Crippen LogP contribution in [0, 0.1) is 18.2 Å². The Morgan fingerprint density at radius 1 is 1.33 bits per heavy atom. The zero-order chi connectivity index (χ0) is 15.8. The number of hydrogen-bond acceptors (Lipinski definition) is 3. The molecule has 0 heterocycles. The molecule has 0 radical (unpaired) electrons. The lowest BCUT2D eigenvalue weighted by Gasteiger charge is -2.38. The van der Waals surface area contributed by atoms with E-state index in [0.717, 1.165) is 31.7 Å². The molecule has 4 nitrogen and oxygen atoms in total. The van der Waals surface area contributed by atoms with Gasteiger partial charge in [-0.3, -0.25) is 0 Å². The molecule has 0 aromatic heterocycles. The molecule has 0 bridgehead atoms. The molecule has 1 aromatic carbocycles. The SMILES string of the molecule is Cc1cc(F)c(N)cc1S(=O)(=O)NC1CCCCC1(C)C. The van der Waals surface area contributed by atoms with Gasteiger partial charge in [0.1, 0.15) is 5.82 Å². The first-order valence-electron chi connectivity index (χ1n) is 7.21. The number of halogens is 1. The molecule has 2 rings (SSSR count). The van der Waals surface area contributed by atoms with Gasteiger partial charge in [-0.05, 0) is 42.9 Å². The predicted octanol–water partition coefficient (Wildman–Crippen LogP) is 2.96. The largest absolute Gasteiger partial charge is 0.396 e. The van der Waals surface area contributed by atoms with Crippen LogP contribution in [-0.2, 0) is 10.0 Å². The topological polar surface area (TPSA) is 72.2 Å². The lowest BCUT2D eigenvalue weighted by atomic mass is 9.74. The normalized spacial score (nSPS) is 22.2. The van der Waals surface area contributed by atoms with Crippen LogP contribution < -0.4 is 10.5 Å². The van der Waals surface area contributed by atoms with Crippen LogP contribution in [0.25, 0.3) is 0 Å². The molecule has 3 N–H and O–H groups in total. The van der Waals surface area contributed by atoms with Crippen LogP contribution in [-0.4, -0.2) is 14.5 Å². The van der Waals surface area contributed by atoms with Gasteiger partial charge in [0.25, 0.3) is 0 Å². The summed E-state index contributed by atoms with van der Waals surface area (Å²) in [5.41, 5.74) is 5.64. The summed E-state index contributed by atoms with van der Waals surface area (Å²) in [6, 6.07) is 2.25. The van der Waals surface area contributed by atoms with Gasteiger partial charge >= 0.3 is 0 Å². The molecule has 1 saturated carbocycles. The van der Waals surface area contributed by atoms with E-state index in [9.17, 15) is 12.8 Å². The highest BCUT2D eigenvalue weighted by molar-refractivity contribution is 7.89. The first-order chi connectivity index (χ1) is 9.63. The minimum absolute atomic E-state index is 0.0581. The van der Waals surface area contributed by atoms with Crippen molar-refractivity contribution in [1.82, 2.24) is 4.72 Å². The summed E-state index contributed by atoms with van der Waals surface area (Å²) >= 11 is 0. The fourth-order valence-electron chi connectivity index (χ4n) is 2.92. The first-order valence-corrected chi connectivity index (χ1v) is 8.70. The highest BCUT2D eigenvalue weighted by Gasteiger charge is 2.35. The summed E-state index contributed by atoms with van der Waals surface area (Å²) in [5, 5.41) is 0. The Bertz CT molecular complexity index is 641. The molecular formula is C15H23FN2O2S. The number of anilines is 1. The molecule has 1 aliphatic carbocycles. The number of rotatable bonds is 3. The van der Waals surface area contributed by atoms with Gasteiger partial charge < -0.3 is 5.73 Å². The molecule has 1 unspecified atom stereocenters. The quantitative estimate of drug-likeness (QED) is 0.843. The van der Waals surface area contributed by atoms with Crippen LogP contribution in [0.5, 0.6) is 0 Å². The van der Waals surface area contributed by atoms with E-state index in [0.29, 0.717) is 5.56 Å². The Labute approximate surface area is 126 Å². The number of aryl methyl sites for hydroxylation is 1. The zero-order valence-corrected chi connectivity index (χ0v) is 13.6. The molecule has 0 saturated heterocycles. The van der Waals surface area contributed by atoms with Crippen LogP contribution >= 0.6 is 0 Å². The van der Waals surface area contributed by atoms with E-state index in [-0.39, 0.29) is 22.0 Å². The Balaban J connectivity index is 2.32. The lowest BCUT2D eigenvalue weighted by molar-refractivity contribution is 0.188. The van der Waals surface area contributed by atoms with Crippen molar-refractivity contribution in [2.45, 2.75) is 57.4 Å². The van der Waals surface area contributed by atoms with Gasteiger partial charge in [-0.25, -0.2) is 17.5 Å². The average Bonchev–Trinajstić information content (AvgIpc) is 2.36. The fraction of sp³-hybridized carbons (Fsp3) is 0.600. The van der Waals surface area contributed by atoms with Gasteiger partial charge in [-0.2, -0.15) is 0 Å². The van der Waals surface area contributed by atoms with Crippen molar-refractivity contribution in [3.8, 4) is 0 Å². The minimum atomic E-state index is -3.70. The van der Waals surface area contributed by atoms with E-state index in [1.807, 2.05) is 0 Å². The monoisotopic (exact) mass is 314 g/mol. The fourth-order valence-corrected chi connectivity index (χ4v) is 4.62. The van der Waals surface area contributed by atoms with Crippen LogP contribution in [0.3, 0.4) is 0 Å². The van der Waals surface area contributed by atoms with E-state index < -0.39 is 15.8 Å². The van der Waals surface area contributed by atoms with Crippen LogP contribution in [0.15, 0.2) is 17.0 Å². The summed E-state index contributed by atoms with van der Waals surface area (Å²) in [5.74, 6) is -0.593. The van der Waals surface area contributed by atoms with Crippen molar-refractivity contribution in [3.05, 3.63) is 23.5 Å². The van der Waals surface area contributed by atoms with E-state index in [1.54, 1.807) is 6.92 Å². The van der Waals surface area contributed by atoms with Crippen molar-refractivity contribution in [3.63, 3.8) is 0 Å². The van der Waals surface area contributed by atoms with E-state index in [2.05, 4.69) is 18.6 Å². The van der Waals surface area contributed by atoms with Crippen molar-refractivity contribution in [2.24, 2.45) is 5.41 Å². The van der Waals surface area contributed by atoms with Gasteiger partial charge in [-0.15, -0.1) is 0 Å². The Morgan fingerprint density at radius 3 is 2.62 bits per heavy atom. The van der Waals surface area contributed by atoms with Gasteiger partial charge in [0.15, 0.2) is 0 Å². The van der Waals surface area contributed by atoms with Crippen LogP contribution in [0.4, 0.5) is 10.1 Å². The van der Waals surface area contributed by atoms with E-state index >= 15 is 0 Å². The summed E-state index contributed by atoms with van der Waals surface area (Å²) in [4.78, 5) is 0.0581. The van der Waals surface area contributed by atoms with Gasteiger partial charge in [0, 0.05) is 6.04 Å². The summed E-state index contributed by atoms with van der Waals surface area (Å²) in [7, 11) is -3.70. The maximum atomic E-state index is 13.4. The molecule has 0 spiro atoms. The smallest absolute Gasteiger partial charge is 0.241 e. The first kappa shape index (κ1) is 16.2. The summed E-state index contributed by atoms with van der Waals surface area (Å²) in [6.07, 6.45) is 3.95.